The van der Waals surface area contributed by atoms with E-state index in [1.165, 1.54) is 0 Å². The Morgan fingerprint density at radius 3 is 1.89 bits per heavy atom. The zero-order valence-electron chi connectivity index (χ0n) is 3.94. The third-order valence-electron chi connectivity index (χ3n) is 0.328. The van der Waals surface area contributed by atoms with Crippen molar-refractivity contribution >= 4 is 42.5 Å². The summed E-state index contributed by atoms with van der Waals surface area (Å²) in [6, 6.07) is 0. The molecule has 0 aliphatic carbocycles. The van der Waals surface area contributed by atoms with Crippen LogP contribution in [0.25, 0.3) is 0 Å². The Bertz CT molecular complexity index is 219. The largest absolute Gasteiger partial charge is 0.488 e. The van der Waals surface area contributed by atoms with Gasteiger partial charge in [0.15, 0.2) is 0 Å². The topological polar surface area (TPSA) is 41.8 Å². The molecule has 0 spiro atoms. The molecule has 0 heterocycles. The number of halogens is 1. The van der Waals surface area contributed by atoms with E-state index in [-0.39, 0.29) is 0 Å². The van der Waals surface area contributed by atoms with Crippen molar-refractivity contribution in [3.8, 4) is 0 Å². The molecule has 9 heavy (non-hydrogen) atoms. The summed E-state index contributed by atoms with van der Waals surface area (Å²) in [5.41, 5.74) is 0. The SMILES string of the molecule is O=P(F)(N=C=S)N=C=S. The molecule has 48 valence electrons. The summed E-state index contributed by atoms with van der Waals surface area (Å²) in [5, 5.41) is 3.17. The van der Waals surface area contributed by atoms with Gasteiger partial charge >= 0.3 is 7.75 Å². The summed E-state index contributed by atoms with van der Waals surface area (Å²) in [6.07, 6.45) is 0. The van der Waals surface area contributed by atoms with Gasteiger partial charge in [-0.1, -0.05) is 0 Å². The van der Waals surface area contributed by atoms with E-state index >= 15 is 0 Å². The number of rotatable bonds is 2. The third kappa shape index (κ3) is 4.28. The Hall–Kier alpha value is -0.240. The highest BCUT2D eigenvalue weighted by Gasteiger charge is 2.14. The van der Waals surface area contributed by atoms with Crippen molar-refractivity contribution in [2.45, 2.75) is 0 Å². The van der Waals surface area contributed by atoms with E-state index in [1.807, 2.05) is 0 Å². The maximum Gasteiger partial charge on any atom is 0.488 e. The van der Waals surface area contributed by atoms with Crippen LogP contribution in [0.5, 0.6) is 0 Å². The van der Waals surface area contributed by atoms with Crippen LogP contribution in [0, 0.1) is 0 Å². The van der Waals surface area contributed by atoms with E-state index in [2.05, 4.69) is 34.0 Å². The van der Waals surface area contributed by atoms with Crippen LogP contribution in [-0.4, -0.2) is 10.3 Å². The van der Waals surface area contributed by atoms with Crippen molar-refractivity contribution < 1.29 is 8.76 Å². The second-order valence-electron chi connectivity index (χ2n) is 0.856. The van der Waals surface area contributed by atoms with Crippen LogP contribution in [0.2, 0.25) is 0 Å². The number of hydrogen-bond acceptors (Lipinski definition) is 3. The first-order valence-corrected chi connectivity index (χ1v) is 3.93. The summed E-state index contributed by atoms with van der Waals surface area (Å²) < 4.78 is 27.4. The Balaban J connectivity index is 4.59. The van der Waals surface area contributed by atoms with Crippen LogP contribution >= 0.6 is 32.2 Å². The Labute approximate surface area is 61.3 Å². The Morgan fingerprint density at radius 2 is 1.67 bits per heavy atom. The van der Waals surface area contributed by atoms with Gasteiger partial charge in [0.1, 0.15) is 0 Å². The van der Waals surface area contributed by atoms with Crippen LogP contribution in [0.15, 0.2) is 9.53 Å². The lowest BCUT2D eigenvalue weighted by molar-refractivity contribution is 0.544. The number of hydrogen-bond donors (Lipinski definition) is 0. The number of thiocarbonyl (C=S) groups is 2. The molecule has 0 aromatic heterocycles. The second kappa shape index (κ2) is 3.72. The normalized spacial score (nSPS) is 14.3. The summed E-state index contributed by atoms with van der Waals surface area (Å²) in [4.78, 5) is 0. The number of isothiocyanates is 2. The van der Waals surface area contributed by atoms with Crippen molar-refractivity contribution in [2.24, 2.45) is 9.53 Å². The minimum absolute atomic E-state index is 1.58. The summed E-state index contributed by atoms with van der Waals surface area (Å²) >= 11 is 7.93. The zero-order valence-corrected chi connectivity index (χ0v) is 6.47. The summed E-state index contributed by atoms with van der Waals surface area (Å²) in [6.45, 7) is 0. The average Bonchev–Trinajstić information content (AvgIpc) is 1.64. The standard InChI is InChI=1S/C2FN2OPS2/c3-7(6,4-1-8)5-2-9. The maximum atomic E-state index is 12.1. The van der Waals surface area contributed by atoms with Gasteiger partial charge in [-0.3, -0.25) is 0 Å². The molecular formula is C2FN2OPS2. The van der Waals surface area contributed by atoms with Crippen LogP contribution in [0.1, 0.15) is 0 Å². The van der Waals surface area contributed by atoms with Gasteiger partial charge < -0.3 is 0 Å². The first kappa shape index (κ1) is 8.76. The lowest BCUT2D eigenvalue weighted by Gasteiger charge is -1.83. The van der Waals surface area contributed by atoms with Crippen LogP contribution in [-0.2, 0) is 4.57 Å². The van der Waals surface area contributed by atoms with Gasteiger partial charge in [-0.15, -0.1) is 13.7 Å². The predicted octanol–water partition coefficient (Wildman–Crippen LogP) is 2.27. The zero-order chi connectivity index (χ0) is 7.33. The molecule has 0 rings (SSSR count). The molecule has 0 saturated carbocycles. The molecule has 0 aliphatic rings. The van der Waals surface area contributed by atoms with E-state index in [9.17, 15) is 8.76 Å². The Kier molecular flexibility index (Phi) is 3.62. The molecule has 0 bridgehead atoms. The average molecular weight is 182 g/mol. The van der Waals surface area contributed by atoms with Gasteiger partial charge in [-0.05, 0) is 24.4 Å². The van der Waals surface area contributed by atoms with Gasteiger partial charge in [-0.2, -0.15) is 0 Å². The predicted molar refractivity (Wildman–Crippen MR) is 38.8 cm³/mol. The molecule has 7 heteroatoms. The highest BCUT2D eigenvalue weighted by molar-refractivity contribution is 7.79. The first-order chi connectivity index (χ1) is 4.12. The van der Waals surface area contributed by atoms with Gasteiger partial charge in [0.25, 0.3) is 0 Å². The van der Waals surface area contributed by atoms with Crippen molar-refractivity contribution in [2.75, 3.05) is 0 Å². The Morgan fingerprint density at radius 1 is 1.33 bits per heavy atom. The molecule has 0 fully saturated rings. The fourth-order valence-corrected chi connectivity index (χ4v) is 0.973. The van der Waals surface area contributed by atoms with Crippen molar-refractivity contribution in [1.29, 1.82) is 0 Å². The third-order valence-corrected chi connectivity index (χ3v) is 1.47. The minimum Gasteiger partial charge on any atom is -0.232 e. The van der Waals surface area contributed by atoms with Gasteiger partial charge in [0.05, 0.1) is 10.3 Å². The highest BCUT2D eigenvalue weighted by atomic mass is 32.1. The van der Waals surface area contributed by atoms with Crippen molar-refractivity contribution in [1.82, 2.24) is 0 Å². The van der Waals surface area contributed by atoms with Crippen molar-refractivity contribution in [3.05, 3.63) is 0 Å². The second-order valence-corrected chi connectivity index (χ2v) is 2.57. The molecular weight excluding hydrogens is 182 g/mol. The lowest BCUT2D eigenvalue weighted by atomic mass is 11.8. The number of nitrogens with zero attached hydrogens (tertiary/aromatic N) is 2. The van der Waals surface area contributed by atoms with Crippen molar-refractivity contribution in [3.63, 3.8) is 0 Å². The molecule has 0 N–H and O–H groups in total. The van der Waals surface area contributed by atoms with E-state index in [0.29, 0.717) is 0 Å². The molecule has 0 aliphatic heterocycles. The molecule has 0 aromatic rings. The highest BCUT2D eigenvalue weighted by Crippen LogP contribution is 2.49. The lowest BCUT2D eigenvalue weighted by Crippen LogP contribution is -1.56. The summed E-state index contributed by atoms with van der Waals surface area (Å²) in [7, 11) is -4.37. The van der Waals surface area contributed by atoms with E-state index in [1.54, 1.807) is 10.3 Å². The fraction of sp³-hybridized carbons (Fsp3) is 0. The monoisotopic (exact) mass is 182 g/mol. The van der Waals surface area contributed by atoms with Gasteiger partial charge in [0, 0.05) is 0 Å². The van der Waals surface area contributed by atoms with E-state index in [0.717, 1.165) is 0 Å². The molecule has 0 saturated heterocycles. The fourth-order valence-electron chi connectivity index (χ4n) is 0.123. The molecule has 0 aromatic carbocycles. The molecule has 0 radical (unpaired) electrons. The smallest absolute Gasteiger partial charge is 0.232 e. The molecule has 3 nitrogen and oxygen atoms in total. The molecule has 0 amide bonds. The van der Waals surface area contributed by atoms with Crippen LogP contribution in [0.3, 0.4) is 0 Å². The molecule has 0 unspecified atom stereocenters. The molecule has 0 atom stereocenters. The van der Waals surface area contributed by atoms with E-state index in [4.69, 9.17) is 0 Å². The van der Waals surface area contributed by atoms with Gasteiger partial charge in [0.2, 0.25) is 0 Å². The van der Waals surface area contributed by atoms with Crippen LogP contribution in [0.4, 0.5) is 4.20 Å². The van der Waals surface area contributed by atoms with Gasteiger partial charge in [-0.25, -0.2) is 4.57 Å². The first-order valence-electron chi connectivity index (χ1n) is 1.61. The summed E-state index contributed by atoms with van der Waals surface area (Å²) in [5.74, 6) is 0. The van der Waals surface area contributed by atoms with Crippen LogP contribution < -0.4 is 0 Å². The minimum atomic E-state index is -4.37. The van der Waals surface area contributed by atoms with E-state index < -0.39 is 7.75 Å². The maximum absolute atomic E-state index is 12.1. The quantitative estimate of drug-likeness (QED) is 0.373.